The van der Waals surface area contributed by atoms with E-state index in [4.69, 9.17) is 0 Å². The van der Waals surface area contributed by atoms with Gasteiger partial charge in [0.05, 0.1) is 11.2 Å². The van der Waals surface area contributed by atoms with Crippen LogP contribution in [0.15, 0.2) is 30.5 Å². The Morgan fingerprint density at radius 3 is 2.67 bits per heavy atom. The highest BCUT2D eigenvalue weighted by Gasteiger charge is 1.92. The lowest BCUT2D eigenvalue weighted by atomic mass is 10.4. The van der Waals surface area contributed by atoms with Crippen molar-refractivity contribution in [1.29, 1.82) is 0 Å². The number of pyridine rings is 1. The van der Waals surface area contributed by atoms with E-state index in [2.05, 4.69) is 11.2 Å². The molecule has 64 valence electrons. The molecular weight excluding hydrogens is 148 g/mol. The fraction of sp³-hybridized carbons (Fsp3) is 0.300. The molecule has 0 unspecified atom stereocenters. The van der Waals surface area contributed by atoms with Crippen LogP contribution < -0.4 is 0 Å². The number of aromatic nitrogens is 2. The number of nitrogens with zero attached hydrogens (tertiary/aromatic N) is 2. The van der Waals surface area contributed by atoms with Crippen LogP contribution >= 0.6 is 0 Å². The molecule has 0 atom stereocenters. The van der Waals surface area contributed by atoms with E-state index in [1.807, 2.05) is 49.7 Å². The van der Waals surface area contributed by atoms with Crippen LogP contribution in [0.25, 0.3) is 5.52 Å². The van der Waals surface area contributed by atoms with Crippen LogP contribution in [0.3, 0.4) is 0 Å². The molecule has 2 aromatic heterocycles. The molecule has 0 aliphatic carbocycles. The molecule has 0 N–H and O–H groups in total. The van der Waals surface area contributed by atoms with Gasteiger partial charge in [0.2, 0.25) is 0 Å². The minimum atomic E-state index is 1.06. The maximum absolute atomic E-state index is 4.23. The fourth-order valence-electron chi connectivity index (χ4n) is 1.07. The minimum Gasteiger partial charge on any atom is -0.241 e. The van der Waals surface area contributed by atoms with Crippen molar-refractivity contribution in [3.63, 3.8) is 0 Å². The Morgan fingerprint density at radius 1 is 1.25 bits per heavy atom. The molecule has 2 nitrogen and oxygen atoms in total. The summed E-state index contributed by atoms with van der Waals surface area (Å²) in [7, 11) is 0. The SMILES string of the molecule is CC.Cc1cc2ccccn2n1. The van der Waals surface area contributed by atoms with E-state index in [0.29, 0.717) is 0 Å². The first-order valence-corrected chi connectivity index (χ1v) is 4.27. The molecular formula is C10H14N2. The van der Waals surface area contributed by atoms with Gasteiger partial charge in [0.1, 0.15) is 0 Å². The van der Waals surface area contributed by atoms with E-state index in [1.165, 1.54) is 0 Å². The van der Waals surface area contributed by atoms with Gasteiger partial charge < -0.3 is 0 Å². The van der Waals surface area contributed by atoms with Gasteiger partial charge in [0.25, 0.3) is 0 Å². The molecule has 0 radical (unpaired) electrons. The Kier molecular flexibility index (Phi) is 2.86. The van der Waals surface area contributed by atoms with Crippen LogP contribution in [-0.4, -0.2) is 9.61 Å². The summed E-state index contributed by atoms with van der Waals surface area (Å²) in [5.41, 5.74) is 2.21. The molecule has 0 aromatic carbocycles. The van der Waals surface area contributed by atoms with Crippen molar-refractivity contribution >= 4 is 5.52 Å². The van der Waals surface area contributed by atoms with Gasteiger partial charge in [-0.3, -0.25) is 0 Å². The Balaban J connectivity index is 0.000000336. The smallest absolute Gasteiger partial charge is 0.0664 e. The van der Waals surface area contributed by atoms with E-state index >= 15 is 0 Å². The second-order valence-electron chi connectivity index (χ2n) is 2.36. The standard InChI is InChI=1S/C8H8N2.C2H6/c1-7-6-8-4-2-3-5-10(8)9-7;1-2/h2-6H,1H3;1-2H3. The highest BCUT2D eigenvalue weighted by Crippen LogP contribution is 2.03. The second kappa shape index (κ2) is 3.90. The largest absolute Gasteiger partial charge is 0.241 e. The van der Waals surface area contributed by atoms with Crippen LogP contribution in [-0.2, 0) is 0 Å². The van der Waals surface area contributed by atoms with Gasteiger partial charge >= 0.3 is 0 Å². The van der Waals surface area contributed by atoms with Crippen molar-refractivity contribution in [3.8, 4) is 0 Å². The summed E-state index contributed by atoms with van der Waals surface area (Å²) in [4.78, 5) is 0. The molecule has 0 fully saturated rings. The molecule has 2 heterocycles. The van der Waals surface area contributed by atoms with E-state index in [9.17, 15) is 0 Å². The zero-order valence-corrected chi connectivity index (χ0v) is 7.78. The lowest BCUT2D eigenvalue weighted by Crippen LogP contribution is -1.83. The Labute approximate surface area is 72.8 Å². The summed E-state index contributed by atoms with van der Waals surface area (Å²) in [5.74, 6) is 0. The zero-order chi connectivity index (χ0) is 8.97. The van der Waals surface area contributed by atoms with Gasteiger partial charge in [-0.2, -0.15) is 5.10 Å². The molecule has 2 aromatic rings. The van der Waals surface area contributed by atoms with Crippen LogP contribution in [0.1, 0.15) is 19.5 Å². The van der Waals surface area contributed by atoms with Crippen molar-refractivity contribution in [2.45, 2.75) is 20.8 Å². The Bertz CT molecular complexity index is 316. The van der Waals surface area contributed by atoms with E-state index < -0.39 is 0 Å². The molecule has 0 saturated carbocycles. The predicted octanol–water partition coefficient (Wildman–Crippen LogP) is 2.67. The average molecular weight is 162 g/mol. The quantitative estimate of drug-likeness (QED) is 0.582. The number of fused-ring (bicyclic) bond motifs is 1. The first-order chi connectivity index (χ1) is 5.86. The van der Waals surface area contributed by atoms with Gasteiger partial charge in [0.15, 0.2) is 0 Å². The van der Waals surface area contributed by atoms with E-state index in [1.54, 1.807) is 0 Å². The molecule has 12 heavy (non-hydrogen) atoms. The fourth-order valence-corrected chi connectivity index (χ4v) is 1.07. The van der Waals surface area contributed by atoms with Crippen LogP contribution in [0, 0.1) is 6.92 Å². The van der Waals surface area contributed by atoms with Crippen molar-refractivity contribution in [2.75, 3.05) is 0 Å². The summed E-state index contributed by atoms with van der Waals surface area (Å²) < 4.78 is 1.87. The summed E-state index contributed by atoms with van der Waals surface area (Å²) in [6, 6.07) is 8.08. The van der Waals surface area contributed by atoms with Gasteiger partial charge in [-0.25, -0.2) is 4.52 Å². The maximum atomic E-state index is 4.23. The van der Waals surface area contributed by atoms with E-state index in [-0.39, 0.29) is 0 Å². The lowest BCUT2D eigenvalue weighted by Gasteiger charge is -1.86. The summed E-state index contributed by atoms with van der Waals surface area (Å²) in [6.07, 6.45) is 1.95. The van der Waals surface area contributed by atoms with Gasteiger partial charge in [-0.15, -0.1) is 0 Å². The maximum Gasteiger partial charge on any atom is 0.0664 e. The third-order valence-corrected chi connectivity index (χ3v) is 1.49. The predicted molar refractivity (Wildman–Crippen MR) is 51.3 cm³/mol. The van der Waals surface area contributed by atoms with Crippen molar-refractivity contribution in [1.82, 2.24) is 9.61 Å². The number of rotatable bonds is 0. The monoisotopic (exact) mass is 162 g/mol. The molecule has 0 aliphatic rings. The third kappa shape index (κ3) is 1.64. The summed E-state index contributed by atoms with van der Waals surface area (Å²) in [5, 5.41) is 4.23. The van der Waals surface area contributed by atoms with Crippen LogP contribution in [0.5, 0.6) is 0 Å². The number of aryl methyl sites for hydroxylation is 1. The number of hydrogen-bond donors (Lipinski definition) is 0. The number of hydrogen-bond acceptors (Lipinski definition) is 1. The van der Waals surface area contributed by atoms with Crippen molar-refractivity contribution in [2.24, 2.45) is 0 Å². The first-order valence-electron chi connectivity index (χ1n) is 4.27. The Hall–Kier alpha value is -1.31. The first kappa shape index (κ1) is 8.78. The second-order valence-corrected chi connectivity index (χ2v) is 2.36. The molecule has 0 saturated heterocycles. The zero-order valence-electron chi connectivity index (χ0n) is 7.78. The topological polar surface area (TPSA) is 17.3 Å². The van der Waals surface area contributed by atoms with Gasteiger partial charge in [-0.1, -0.05) is 19.9 Å². The third-order valence-electron chi connectivity index (χ3n) is 1.49. The van der Waals surface area contributed by atoms with E-state index in [0.717, 1.165) is 11.2 Å². The Morgan fingerprint density at radius 2 is 2.00 bits per heavy atom. The molecule has 0 amide bonds. The molecule has 0 bridgehead atoms. The van der Waals surface area contributed by atoms with Crippen LogP contribution in [0.2, 0.25) is 0 Å². The normalized spacial score (nSPS) is 9.25. The van der Waals surface area contributed by atoms with Crippen LogP contribution in [0.4, 0.5) is 0 Å². The van der Waals surface area contributed by atoms with Gasteiger partial charge in [-0.05, 0) is 25.1 Å². The highest BCUT2D eigenvalue weighted by atomic mass is 15.2. The summed E-state index contributed by atoms with van der Waals surface area (Å²) in [6.45, 7) is 5.99. The highest BCUT2D eigenvalue weighted by molar-refractivity contribution is 5.46. The van der Waals surface area contributed by atoms with Crippen molar-refractivity contribution < 1.29 is 0 Å². The minimum absolute atomic E-state index is 1.06. The molecule has 0 spiro atoms. The average Bonchev–Trinajstić information content (AvgIpc) is 2.48. The lowest BCUT2D eigenvalue weighted by molar-refractivity contribution is 0.934. The molecule has 2 rings (SSSR count). The summed E-state index contributed by atoms with van der Waals surface area (Å²) >= 11 is 0. The molecule has 2 heteroatoms. The van der Waals surface area contributed by atoms with Crippen molar-refractivity contribution in [3.05, 3.63) is 36.2 Å². The molecule has 0 aliphatic heterocycles. The van der Waals surface area contributed by atoms with Gasteiger partial charge in [0, 0.05) is 6.20 Å².